The second-order valence-corrected chi connectivity index (χ2v) is 8.66. The lowest BCUT2D eigenvalue weighted by Crippen LogP contribution is -2.46. The lowest BCUT2D eigenvalue weighted by Gasteiger charge is -2.33. The molecule has 4 aromatic rings. The fraction of sp³-hybridized carbons (Fsp3) is 0.308. The lowest BCUT2D eigenvalue weighted by atomic mass is 10.1. The van der Waals surface area contributed by atoms with E-state index >= 15 is 0 Å². The van der Waals surface area contributed by atoms with E-state index in [1.54, 1.807) is 41.3 Å². The molecule has 0 radical (unpaired) electrons. The summed E-state index contributed by atoms with van der Waals surface area (Å²) in [6, 6.07) is 16.1. The highest BCUT2D eigenvalue weighted by Gasteiger charge is 2.40. The van der Waals surface area contributed by atoms with Crippen LogP contribution in [0.4, 0.5) is 19.2 Å². The van der Waals surface area contributed by atoms with Gasteiger partial charge < -0.3 is 14.3 Å². The molecule has 0 unspecified atom stereocenters. The molecule has 0 bridgehead atoms. The van der Waals surface area contributed by atoms with Crippen molar-refractivity contribution in [2.24, 2.45) is 0 Å². The molecule has 1 saturated heterocycles. The standard InChI is InChI=1S/C26H24F3N5O/c27-26(28,29)24-23(19-5-2-1-3-6-19)35-25(32-24)34-13-11-33(12-14-34)10-4-7-20-17-31-22-9-8-18(16-30)15-21(20)22/h1-3,5-6,8-9,15,17,31H,4,7,10-14H2. The van der Waals surface area contributed by atoms with E-state index in [0.717, 1.165) is 43.4 Å². The first kappa shape index (κ1) is 23.0. The molecule has 2 aromatic carbocycles. The van der Waals surface area contributed by atoms with Crippen molar-refractivity contribution in [3.8, 4) is 17.4 Å². The number of nitrogens with one attached hydrogen (secondary N) is 1. The Morgan fingerprint density at radius 3 is 2.54 bits per heavy atom. The average Bonchev–Trinajstić information content (AvgIpc) is 3.50. The first-order chi connectivity index (χ1) is 16.9. The number of H-pyrrole nitrogens is 1. The summed E-state index contributed by atoms with van der Waals surface area (Å²) in [6.45, 7) is 3.41. The zero-order valence-corrected chi connectivity index (χ0v) is 19.0. The zero-order chi connectivity index (χ0) is 24.4. The summed E-state index contributed by atoms with van der Waals surface area (Å²) in [5, 5.41) is 10.2. The van der Waals surface area contributed by atoms with Crippen molar-refractivity contribution in [3.05, 3.63) is 71.5 Å². The summed E-state index contributed by atoms with van der Waals surface area (Å²) in [5.74, 6) is -0.242. The minimum atomic E-state index is -4.59. The van der Waals surface area contributed by atoms with Gasteiger partial charge in [0.15, 0.2) is 11.5 Å². The van der Waals surface area contributed by atoms with Gasteiger partial charge in [0.05, 0.1) is 11.6 Å². The maximum atomic E-state index is 13.6. The molecule has 2 aromatic heterocycles. The van der Waals surface area contributed by atoms with Crippen LogP contribution in [0.15, 0.2) is 59.1 Å². The topological polar surface area (TPSA) is 72.1 Å². The maximum Gasteiger partial charge on any atom is 0.437 e. The minimum absolute atomic E-state index is 0.0166. The van der Waals surface area contributed by atoms with Gasteiger partial charge in [-0.2, -0.15) is 23.4 Å². The summed E-state index contributed by atoms with van der Waals surface area (Å²) in [6.07, 6.45) is -0.774. The number of benzene rings is 2. The van der Waals surface area contributed by atoms with Crippen LogP contribution in [-0.4, -0.2) is 47.6 Å². The maximum absolute atomic E-state index is 13.6. The SMILES string of the molecule is N#Cc1ccc2[nH]cc(CCCN3CCN(c4nc(C(F)(F)F)c(-c5ccccc5)o4)CC3)c2c1. The molecule has 0 atom stereocenters. The number of aromatic nitrogens is 2. The van der Waals surface area contributed by atoms with Crippen LogP contribution in [0.1, 0.15) is 23.2 Å². The van der Waals surface area contributed by atoms with Crippen molar-refractivity contribution in [2.45, 2.75) is 19.0 Å². The third kappa shape index (κ3) is 4.88. The minimum Gasteiger partial charge on any atom is -0.423 e. The van der Waals surface area contributed by atoms with E-state index in [4.69, 9.17) is 9.68 Å². The van der Waals surface area contributed by atoms with Crippen LogP contribution < -0.4 is 4.90 Å². The van der Waals surface area contributed by atoms with Crippen molar-refractivity contribution >= 4 is 16.9 Å². The summed E-state index contributed by atoms with van der Waals surface area (Å²) < 4.78 is 46.5. The number of hydrogen-bond donors (Lipinski definition) is 1. The number of oxazole rings is 1. The highest BCUT2D eigenvalue weighted by Crippen LogP contribution is 2.39. The highest BCUT2D eigenvalue weighted by molar-refractivity contribution is 5.84. The van der Waals surface area contributed by atoms with Crippen LogP contribution in [0, 0.1) is 11.3 Å². The Hall–Kier alpha value is -3.77. The van der Waals surface area contributed by atoms with Crippen molar-refractivity contribution in [1.29, 1.82) is 5.26 Å². The van der Waals surface area contributed by atoms with E-state index in [0.29, 0.717) is 24.2 Å². The molecule has 1 aliphatic rings. The van der Waals surface area contributed by atoms with Crippen molar-refractivity contribution in [2.75, 3.05) is 37.6 Å². The van der Waals surface area contributed by atoms with E-state index in [-0.39, 0.29) is 11.8 Å². The number of anilines is 1. The Labute approximate surface area is 200 Å². The van der Waals surface area contributed by atoms with E-state index in [2.05, 4.69) is 20.9 Å². The molecule has 5 rings (SSSR count). The summed E-state index contributed by atoms with van der Waals surface area (Å²) in [7, 11) is 0. The monoisotopic (exact) mass is 479 g/mol. The Kier molecular flexibility index (Phi) is 6.22. The Morgan fingerprint density at radius 2 is 1.83 bits per heavy atom. The second kappa shape index (κ2) is 9.47. The number of fused-ring (bicyclic) bond motifs is 1. The van der Waals surface area contributed by atoms with Crippen LogP contribution >= 0.6 is 0 Å². The lowest BCUT2D eigenvalue weighted by molar-refractivity contribution is -0.140. The van der Waals surface area contributed by atoms with Gasteiger partial charge >= 0.3 is 6.18 Å². The molecular weight excluding hydrogens is 455 g/mol. The van der Waals surface area contributed by atoms with Gasteiger partial charge in [-0.1, -0.05) is 30.3 Å². The summed E-state index contributed by atoms with van der Waals surface area (Å²) in [5.41, 5.74) is 2.22. The smallest absolute Gasteiger partial charge is 0.423 e. The first-order valence-corrected chi connectivity index (χ1v) is 11.5. The third-order valence-electron chi connectivity index (χ3n) is 6.38. The van der Waals surface area contributed by atoms with Gasteiger partial charge in [-0.25, -0.2) is 0 Å². The number of halogens is 3. The van der Waals surface area contributed by atoms with Crippen LogP contribution in [-0.2, 0) is 12.6 Å². The Bertz CT molecular complexity index is 1350. The van der Waals surface area contributed by atoms with Crippen LogP contribution in [0.2, 0.25) is 0 Å². The average molecular weight is 480 g/mol. The molecule has 1 aliphatic heterocycles. The van der Waals surface area contributed by atoms with Crippen LogP contribution in [0.3, 0.4) is 0 Å². The number of nitriles is 1. The molecule has 9 heteroatoms. The predicted octanol–water partition coefficient (Wildman–Crippen LogP) is 5.47. The van der Waals surface area contributed by atoms with Crippen molar-refractivity contribution < 1.29 is 17.6 Å². The number of hydrogen-bond acceptors (Lipinski definition) is 5. The fourth-order valence-corrected chi connectivity index (χ4v) is 4.53. The summed E-state index contributed by atoms with van der Waals surface area (Å²) >= 11 is 0. The molecule has 0 amide bonds. The number of nitrogens with zero attached hydrogens (tertiary/aromatic N) is 4. The first-order valence-electron chi connectivity index (χ1n) is 11.5. The molecule has 180 valence electrons. The molecule has 6 nitrogen and oxygen atoms in total. The van der Waals surface area contributed by atoms with Crippen LogP contribution in [0.5, 0.6) is 0 Å². The zero-order valence-electron chi connectivity index (χ0n) is 19.0. The van der Waals surface area contributed by atoms with Gasteiger partial charge in [0.2, 0.25) is 0 Å². The predicted molar refractivity (Wildman–Crippen MR) is 127 cm³/mol. The van der Waals surface area contributed by atoms with Crippen molar-refractivity contribution in [1.82, 2.24) is 14.9 Å². The molecule has 0 spiro atoms. The molecule has 35 heavy (non-hydrogen) atoms. The highest BCUT2D eigenvalue weighted by atomic mass is 19.4. The van der Waals surface area contributed by atoms with Crippen molar-refractivity contribution in [3.63, 3.8) is 0 Å². The number of aryl methyl sites for hydroxylation is 1. The number of rotatable bonds is 6. The Morgan fingerprint density at radius 1 is 1.06 bits per heavy atom. The van der Waals surface area contributed by atoms with Gasteiger partial charge in [0.25, 0.3) is 6.01 Å². The molecular formula is C26H24F3N5O. The van der Waals surface area contributed by atoms with Gasteiger partial charge in [0.1, 0.15) is 0 Å². The molecule has 1 fully saturated rings. The number of alkyl halides is 3. The van der Waals surface area contributed by atoms with E-state index in [1.807, 2.05) is 18.3 Å². The second-order valence-electron chi connectivity index (χ2n) is 8.66. The van der Waals surface area contributed by atoms with E-state index in [1.165, 1.54) is 5.56 Å². The van der Waals surface area contributed by atoms with Crippen LogP contribution in [0.25, 0.3) is 22.2 Å². The normalized spacial score (nSPS) is 15.0. The molecule has 3 heterocycles. The fourth-order valence-electron chi connectivity index (χ4n) is 4.53. The molecule has 0 aliphatic carbocycles. The number of piperazine rings is 1. The quantitative estimate of drug-likeness (QED) is 0.397. The van der Waals surface area contributed by atoms with Gasteiger partial charge in [-0.15, -0.1) is 0 Å². The molecule has 1 N–H and O–H groups in total. The van der Waals surface area contributed by atoms with Gasteiger partial charge in [-0.3, -0.25) is 4.90 Å². The van der Waals surface area contributed by atoms with Gasteiger partial charge in [-0.05, 0) is 43.1 Å². The number of aromatic amines is 1. The van der Waals surface area contributed by atoms with Gasteiger partial charge in [0, 0.05) is 48.8 Å². The Balaban J connectivity index is 1.20. The molecule has 0 saturated carbocycles. The largest absolute Gasteiger partial charge is 0.437 e. The summed E-state index contributed by atoms with van der Waals surface area (Å²) in [4.78, 5) is 11.2. The van der Waals surface area contributed by atoms with E-state index < -0.39 is 11.9 Å². The van der Waals surface area contributed by atoms with E-state index in [9.17, 15) is 13.2 Å². The third-order valence-corrected chi connectivity index (χ3v) is 6.38.